The first-order chi connectivity index (χ1) is 10.6. The predicted octanol–water partition coefficient (Wildman–Crippen LogP) is 3.27. The molecule has 4 rings (SSSR count). The molecule has 4 aromatic heterocycles. The molecule has 0 saturated carbocycles. The van der Waals surface area contributed by atoms with Gasteiger partial charge in [-0.15, -0.1) is 0 Å². The van der Waals surface area contributed by atoms with Crippen molar-refractivity contribution in [3.63, 3.8) is 0 Å². The Labute approximate surface area is 138 Å². The summed E-state index contributed by atoms with van der Waals surface area (Å²) in [5.74, 6) is 0.119. The zero-order chi connectivity index (χ0) is 15.3. The molecule has 7 heteroatoms. The number of aromatic nitrogens is 4. The molecular weight excluding hydrogens is 396 g/mol. The van der Waals surface area contributed by atoms with Crippen LogP contribution in [0.4, 0.5) is 10.2 Å². The van der Waals surface area contributed by atoms with Gasteiger partial charge in [0.15, 0.2) is 0 Å². The van der Waals surface area contributed by atoms with Gasteiger partial charge in [-0.3, -0.25) is 9.38 Å². The van der Waals surface area contributed by atoms with Crippen molar-refractivity contribution in [1.82, 2.24) is 19.4 Å². The molecule has 2 N–H and O–H groups in total. The fraction of sp³-hybridized carbons (Fsp3) is 0. The summed E-state index contributed by atoms with van der Waals surface area (Å²) in [6.45, 7) is 0. The van der Waals surface area contributed by atoms with Gasteiger partial charge >= 0.3 is 0 Å². The molecule has 0 aromatic carbocycles. The van der Waals surface area contributed by atoms with Gasteiger partial charge in [-0.2, -0.15) is 0 Å². The molecular formula is C15H9FIN5. The summed E-state index contributed by atoms with van der Waals surface area (Å²) in [7, 11) is 0. The largest absolute Gasteiger partial charge is 0.383 e. The lowest BCUT2D eigenvalue weighted by molar-refractivity contribution is 0.626. The van der Waals surface area contributed by atoms with Gasteiger partial charge in [0.2, 0.25) is 0 Å². The van der Waals surface area contributed by atoms with Crippen molar-refractivity contribution in [3.8, 4) is 11.3 Å². The van der Waals surface area contributed by atoms with Gasteiger partial charge in [-0.05, 0) is 34.7 Å². The van der Waals surface area contributed by atoms with Crippen LogP contribution < -0.4 is 5.73 Å². The molecule has 0 amide bonds. The Balaban J connectivity index is 1.98. The first-order valence-electron chi connectivity index (χ1n) is 6.46. The molecule has 0 saturated heterocycles. The summed E-state index contributed by atoms with van der Waals surface area (Å²) in [5.41, 5.74) is 8.99. The summed E-state index contributed by atoms with van der Waals surface area (Å²) in [4.78, 5) is 12.9. The maximum atomic E-state index is 13.3. The van der Waals surface area contributed by atoms with E-state index in [0.29, 0.717) is 11.5 Å². The predicted molar refractivity (Wildman–Crippen MR) is 90.8 cm³/mol. The van der Waals surface area contributed by atoms with Crippen LogP contribution in [0.5, 0.6) is 0 Å². The average Bonchev–Trinajstić information content (AvgIpc) is 2.93. The second kappa shape index (κ2) is 4.87. The molecule has 0 spiro atoms. The Morgan fingerprint density at radius 2 is 1.95 bits per heavy atom. The topological polar surface area (TPSA) is 69.1 Å². The molecule has 4 heterocycles. The van der Waals surface area contributed by atoms with E-state index in [1.54, 1.807) is 24.8 Å². The number of fused-ring (bicyclic) bond motifs is 2. The highest BCUT2D eigenvalue weighted by atomic mass is 127. The molecule has 22 heavy (non-hydrogen) atoms. The Hall–Kier alpha value is -2.29. The van der Waals surface area contributed by atoms with Crippen LogP contribution in [0.25, 0.3) is 27.8 Å². The molecule has 0 radical (unpaired) electrons. The van der Waals surface area contributed by atoms with Crippen molar-refractivity contribution in [2.45, 2.75) is 0 Å². The molecule has 0 aliphatic carbocycles. The number of hydrogen-bond acceptors (Lipinski definition) is 4. The minimum absolute atomic E-state index is 0.315. The lowest BCUT2D eigenvalue weighted by atomic mass is 10.1. The van der Waals surface area contributed by atoms with Crippen molar-refractivity contribution in [3.05, 3.63) is 52.4 Å². The van der Waals surface area contributed by atoms with E-state index in [4.69, 9.17) is 5.73 Å². The Kier molecular flexibility index (Phi) is 2.96. The van der Waals surface area contributed by atoms with Crippen LogP contribution in [0.2, 0.25) is 0 Å². The van der Waals surface area contributed by atoms with E-state index in [1.165, 1.54) is 12.1 Å². The van der Waals surface area contributed by atoms with Gasteiger partial charge in [0.25, 0.3) is 0 Å². The quantitative estimate of drug-likeness (QED) is 0.494. The van der Waals surface area contributed by atoms with Crippen LogP contribution >= 0.6 is 22.6 Å². The highest BCUT2D eigenvalue weighted by molar-refractivity contribution is 14.1. The third-order valence-electron chi connectivity index (χ3n) is 3.48. The summed E-state index contributed by atoms with van der Waals surface area (Å²) in [6, 6.07) is 4.71. The van der Waals surface area contributed by atoms with Crippen molar-refractivity contribution < 1.29 is 4.39 Å². The number of pyridine rings is 3. The highest BCUT2D eigenvalue weighted by Crippen LogP contribution is 2.28. The van der Waals surface area contributed by atoms with Crippen LogP contribution in [0.1, 0.15) is 0 Å². The van der Waals surface area contributed by atoms with Crippen LogP contribution in [0.15, 0.2) is 43.0 Å². The first kappa shape index (κ1) is 13.4. The van der Waals surface area contributed by atoms with Gasteiger partial charge in [0.1, 0.15) is 17.3 Å². The zero-order valence-corrected chi connectivity index (χ0v) is 13.3. The summed E-state index contributed by atoms with van der Waals surface area (Å²) >= 11 is 2.18. The van der Waals surface area contributed by atoms with Gasteiger partial charge in [-0.1, -0.05) is 0 Å². The number of imidazole rings is 1. The molecule has 5 nitrogen and oxygen atoms in total. The normalized spacial score (nSPS) is 11.4. The van der Waals surface area contributed by atoms with E-state index in [0.717, 1.165) is 25.7 Å². The smallest absolute Gasteiger partial charge is 0.140 e. The number of anilines is 1. The van der Waals surface area contributed by atoms with Crippen molar-refractivity contribution in [2.75, 3.05) is 5.73 Å². The van der Waals surface area contributed by atoms with E-state index in [1.807, 2.05) is 10.5 Å². The third-order valence-corrected chi connectivity index (χ3v) is 4.27. The SMILES string of the molecule is Nc1ncc(I)c2ncc(-c3cnc4cc(F)ccn34)cc12. The van der Waals surface area contributed by atoms with Crippen molar-refractivity contribution in [2.24, 2.45) is 0 Å². The molecule has 0 unspecified atom stereocenters. The van der Waals surface area contributed by atoms with Crippen LogP contribution in [-0.4, -0.2) is 19.4 Å². The van der Waals surface area contributed by atoms with Gasteiger partial charge in [0.05, 0.1) is 21.0 Å². The summed E-state index contributed by atoms with van der Waals surface area (Å²) in [5, 5.41) is 0.793. The second-order valence-corrected chi connectivity index (χ2v) is 5.99. The van der Waals surface area contributed by atoms with E-state index in [2.05, 4.69) is 37.5 Å². The van der Waals surface area contributed by atoms with E-state index in [-0.39, 0.29) is 5.82 Å². The van der Waals surface area contributed by atoms with Gasteiger partial charge < -0.3 is 5.73 Å². The number of nitrogens with zero attached hydrogens (tertiary/aromatic N) is 4. The minimum Gasteiger partial charge on any atom is -0.383 e. The number of halogens is 2. The van der Waals surface area contributed by atoms with Crippen molar-refractivity contribution >= 4 is 45.0 Å². The maximum absolute atomic E-state index is 13.3. The molecule has 108 valence electrons. The maximum Gasteiger partial charge on any atom is 0.140 e. The molecule has 0 bridgehead atoms. The Morgan fingerprint density at radius 3 is 2.82 bits per heavy atom. The number of rotatable bonds is 1. The van der Waals surface area contributed by atoms with Crippen molar-refractivity contribution in [1.29, 1.82) is 0 Å². The molecule has 0 aliphatic heterocycles. The Morgan fingerprint density at radius 1 is 1.09 bits per heavy atom. The molecule has 0 atom stereocenters. The zero-order valence-electron chi connectivity index (χ0n) is 11.2. The molecule has 4 aromatic rings. The Bertz CT molecular complexity index is 1030. The monoisotopic (exact) mass is 405 g/mol. The lowest BCUT2D eigenvalue weighted by Gasteiger charge is -2.06. The lowest BCUT2D eigenvalue weighted by Crippen LogP contribution is -1.96. The van der Waals surface area contributed by atoms with Gasteiger partial charge in [-0.25, -0.2) is 14.4 Å². The fourth-order valence-corrected chi connectivity index (χ4v) is 2.99. The van der Waals surface area contributed by atoms with Gasteiger partial charge in [0, 0.05) is 35.6 Å². The average molecular weight is 405 g/mol. The second-order valence-electron chi connectivity index (χ2n) is 4.83. The van der Waals surface area contributed by atoms with Crippen LogP contribution in [0, 0.1) is 9.39 Å². The molecule has 0 aliphatic rings. The molecule has 0 fully saturated rings. The standard InChI is InChI=1S/C15H9FIN5/c16-9-1-2-22-12(7-19-13(22)4-9)8-3-10-14(20-5-8)11(17)6-21-15(10)18/h1-7H,(H2,18,21). The fourth-order valence-electron chi connectivity index (χ4n) is 2.42. The third kappa shape index (κ3) is 2.00. The van der Waals surface area contributed by atoms with E-state index < -0.39 is 0 Å². The van der Waals surface area contributed by atoms with E-state index in [9.17, 15) is 4.39 Å². The highest BCUT2D eigenvalue weighted by Gasteiger charge is 2.11. The first-order valence-corrected chi connectivity index (χ1v) is 7.54. The summed E-state index contributed by atoms with van der Waals surface area (Å²) in [6.07, 6.45) is 6.79. The minimum atomic E-state index is -0.315. The summed E-state index contributed by atoms with van der Waals surface area (Å²) < 4.78 is 16.0. The van der Waals surface area contributed by atoms with Crippen LogP contribution in [0.3, 0.4) is 0 Å². The number of nitrogens with two attached hydrogens (primary N) is 1. The van der Waals surface area contributed by atoms with Crippen LogP contribution in [-0.2, 0) is 0 Å². The number of hydrogen-bond donors (Lipinski definition) is 1. The number of nitrogen functional groups attached to an aromatic ring is 1. The van der Waals surface area contributed by atoms with E-state index >= 15 is 0 Å².